The summed E-state index contributed by atoms with van der Waals surface area (Å²) in [6, 6.07) is 10.1. The molecule has 0 radical (unpaired) electrons. The first kappa shape index (κ1) is 25.7. The number of carbonyl (C=O) groups is 2. The number of hydrogen-bond acceptors (Lipinski definition) is 4. The van der Waals surface area contributed by atoms with Gasteiger partial charge in [-0.15, -0.1) is 6.42 Å². The van der Waals surface area contributed by atoms with Gasteiger partial charge in [0.1, 0.15) is 18.2 Å². The van der Waals surface area contributed by atoms with Gasteiger partial charge in [-0.3, -0.25) is 10.1 Å². The number of benzene rings is 2. The van der Waals surface area contributed by atoms with Gasteiger partial charge in [0.25, 0.3) is 5.91 Å². The van der Waals surface area contributed by atoms with Crippen molar-refractivity contribution in [2.45, 2.75) is 45.2 Å². The van der Waals surface area contributed by atoms with Crippen LogP contribution in [0.5, 0.6) is 0 Å². The van der Waals surface area contributed by atoms with E-state index >= 15 is 0 Å². The van der Waals surface area contributed by atoms with Crippen molar-refractivity contribution in [3.8, 4) is 18.4 Å². The average Bonchev–Trinajstić information content (AvgIpc) is 3.20. The van der Waals surface area contributed by atoms with Crippen molar-refractivity contribution in [1.82, 2.24) is 9.47 Å². The molecular formula is C28H26F2N4O3. The molecule has 1 unspecified atom stereocenters. The summed E-state index contributed by atoms with van der Waals surface area (Å²) in [4.78, 5) is 26.3. The molecule has 0 spiro atoms. The maximum Gasteiger partial charge on any atom is 0.411 e. The van der Waals surface area contributed by atoms with E-state index in [9.17, 15) is 23.6 Å². The number of terminal acetylenes is 1. The zero-order valence-corrected chi connectivity index (χ0v) is 20.4. The molecule has 0 saturated heterocycles. The number of amides is 2. The van der Waals surface area contributed by atoms with Crippen LogP contribution in [0.2, 0.25) is 0 Å². The smallest absolute Gasteiger partial charge is 0.411 e. The number of ether oxygens (including phenoxy) is 1. The maximum absolute atomic E-state index is 14.9. The molecule has 1 aromatic heterocycles. The van der Waals surface area contributed by atoms with E-state index in [1.807, 2.05) is 6.07 Å². The van der Waals surface area contributed by atoms with E-state index in [1.165, 1.54) is 15.5 Å². The Hall–Kier alpha value is -4.37. The number of carbonyl (C=O) groups excluding carboxylic acids is 2. The molecule has 1 N–H and O–H groups in total. The SMILES string of the molecule is C#CC(=O)N1CCc2c(n(CC#N)c3c(F)cc(F)cc23)C1c1ccc(NC(=O)OCCCCC)cc1. The minimum absolute atomic E-state index is 0.108. The molecule has 3 aromatic rings. The molecule has 4 rings (SSSR count). The summed E-state index contributed by atoms with van der Waals surface area (Å²) in [5.74, 6) is 0.0696. The number of nitrogens with one attached hydrogen (secondary N) is 1. The minimum atomic E-state index is -0.787. The van der Waals surface area contributed by atoms with Crippen LogP contribution in [0, 0.1) is 35.3 Å². The van der Waals surface area contributed by atoms with Crippen LogP contribution >= 0.6 is 0 Å². The van der Waals surface area contributed by atoms with E-state index in [4.69, 9.17) is 11.2 Å². The fraction of sp³-hybridized carbons (Fsp3) is 0.321. The summed E-state index contributed by atoms with van der Waals surface area (Å²) < 4.78 is 35.8. The molecule has 0 fully saturated rings. The van der Waals surface area contributed by atoms with Gasteiger partial charge in [-0.25, -0.2) is 13.6 Å². The average molecular weight is 505 g/mol. The lowest BCUT2D eigenvalue weighted by Crippen LogP contribution is -2.40. The molecule has 9 heteroatoms. The largest absolute Gasteiger partial charge is 0.449 e. The number of aromatic nitrogens is 1. The van der Waals surface area contributed by atoms with Crippen molar-refractivity contribution in [3.63, 3.8) is 0 Å². The quantitative estimate of drug-likeness (QED) is 0.350. The lowest BCUT2D eigenvalue weighted by Gasteiger charge is -2.36. The first-order chi connectivity index (χ1) is 17.9. The molecule has 1 aliphatic rings. The van der Waals surface area contributed by atoms with Gasteiger partial charge < -0.3 is 14.2 Å². The Bertz CT molecular complexity index is 1420. The first-order valence-electron chi connectivity index (χ1n) is 12.1. The van der Waals surface area contributed by atoms with Gasteiger partial charge >= 0.3 is 6.09 Å². The van der Waals surface area contributed by atoms with Crippen LogP contribution in [0.4, 0.5) is 19.3 Å². The molecule has 190 valence electrons. The standard InChI is InChI=1S/C28H26F2N4O3/c1-3-5-6-15-37-28(36)32-20-9-7-18(8-10-20)25-27-21(11-13-33(25)24(35)4-2)22-16-19(29)17-23(30)26(22)34(27)14-12-31/h2,7-10,16-17,25H,3,5-6,11,13-15H2,1H3,(H,32,36). The number of rotatable bonds is 7. The Morgan fingerprint density at radius 1 is 1.22 bits per heavy atom. The molecule has 1 atom stereocenters. The second kappa shape index (κ2) is 11.1. The lowest BCUT2D eigenvalue weighted by atomic mass is 9.92. The summed E-state index contributed by atoms with van der Waals surface area (Å²) in [7, 11) is 0. The fourth-order valence-electron chi connectivity index (χ4n) is 4.87. The van der Waals surface area contributed by atoms with Crippen LogP contribution in [0.1, 0.15) is 49.0 Å². The van der Waals surface area contributed by atoms with E-state index in [1.54, 1.807) is 24.3 Å². The highest BCUT2D eigenvalue weighted by atomic mass is 19.1. The first-order valence-corrected chi connectivity index (χ1v) is 12.1. The van der Waals surface area contributed by atoms with Gasteiger partial charge in [-0.1, -0.05) is 31.9 Å². The third kappa shape index (κ3) is 5.12. The Kier molecular flexibility index (Phi) is 7.74. The predicted octanol–water partition coefficient (Wildman–Crippen LogP) is 5.29. The summed E-state index contributed by atoms with van der Waals surface area (Å²) in [5, 5.41) is 12.5. The zero-order valence-electron chi connectivity index (χ0n) is 20.4. The van der Waals surface area contributed by atoms with Gasteiger partial charge in [-0.05, 0) is 48.1 Å². The summed E-state index contributed by atoms with van der Waals surface area (Å²) in [5.41, 5.74) is 2.40. The Balaban J connectivity index is 1.74. The van der Waals surface area contributed by atoms with E-state index < -0.39 is 29.7 Å². The molecule has 1 aliphatic heterocycles. The molecule has 37 heavy (non-hydrogen) atoms. The third-order valence-corrected chi connectivity index (χ3v) is 6.46. The summed E-state index contributed by atoms with van der Waals surface area (Å²) >= 11 is 0. The highest BCUT2D eigenvalue weighted by molar-refractivity contribution is 5.95. The Labute approximate surface area is 213 Å². The zero-order chi connectivity index (χ0) is 26.5. The Morgan fingerprint density at radius 3 is 2.65 bits per heavy atom. The number of nitrogens with zero attached hydrogens (tertiary/aromatic N) is 3. The van der Waals surface area contributed by atoms with Crippen LogP contribution in [0.3, 0.4) is 0 Å². The number of fused-ring (bicyclic) bond motifs is 3. The van der Waals surface area contributed by atoms with Crippen LogP contribution in [0.25, 0.3) is 10.9 Å². The van der Waals surface area contributed by atoms with E-state index in [0.717, 1.165) is 25.3 Å². The molecule has 0 bridgehead atoms. The van der Waals surface area contributed by atoms with Crippen LogP contribution in [-0.2, 0) is 22.5 Å². The third-order valence-electron chi connectivity index (χ3n) is 6.46. The minimum Gasteiger partial charge on any atom is -0.449 e. The fourth-order valence-corrected chi connectivity index (χ4v) is 4.87. The summed E-state index contributed by atoms with van der Waals surface area (Å²) in [6.07, 6.45) is 7.97. The lowest BCUT2D eigenvalue weighted by molar-refractivity contribution is -0.127. The van der Waals surface area contributed by atoms with Gasteiger partial charge in [0, 0.05) is 23.7 Å². The molecule has 2 aromatic carbocycles. The summed E-state index contributed by atoms with van der Waals surface area (Å²) in [6.45, 7) is 2.41. The second-order valence-electron chi connectivity index (χ2n) is 8.78. The van der Waals surface area contributed by atoms with Crippen molar-refractivity contribution in [2.24, 2.45) is 0 Å². The van der Waals surface area contributed by atoms with Crippen LogP contribution in [0.15, 0.2) is 36.4 Å². The van der Waals surface area contributed by atoms with Crippen molar-refractivity contribution >= 4 is 28.6 Å². The number of halogens is 2. The molecular weight excluding hydrogens is 478 g/mol. The van der Waals surface area contributed by atoms with Crippen LogP contribution < -0.4 is 5.32 Å². The molecule has 0 aliphatic carbocycles. The van der Waals surface area contributed by atoms with Crippen molar-refractivity contribution in [3.05, 3.63) is 64.9 Å². The number of hydrogen-bond donors (Lipinski definition) is 1. The molecule has 2 heterocycles. The molecule has 0 saturated carbocycles. The van der Waals surface area contributed by atoms with Crippen molar-refractivity contribution in [1.29, 1.82) is 5.26 Å². The number of nitriles is 1. The van der Waals surface area contributed by atoms with E-state index in [0.29, 0.717) is 40.9 Å². The van der Waals surface area contributed by atoms with Crippen LogP contribution in [-0.4, -0.2) is 34.6 Å². The highest BCUT2D eigenvalue weighted by Crippen LogP contribution is 2.41. The van der Waals surface area contributed by atoms with Gasteiger partial charge in [0.15, 0.2) is 0 Å². The highest BCUT2D eigenvalue weighted by Gasteiger charge is 2.37. The topological polar surface area (TPSA) is 87.4 Å². The molecule has 7 nitrogen and oxygen atoms in total. The van der Waals surface area contributed by atoms with Gasteiger partial charge in [0.2, 0.25) is 0 Å². The van der Waals surface area contributed by atoms with Gasteiger partial charge in [0.05, 0.1) is 29.9 Å². The number of unbranched alkanes of at least 4 members (excludes halogenated alkanes) is 2. The molecule has 2 amide bonds. The van der Waals surface area contributed by atoms with E-state index in [-0.39, 0.29) is 18.6 Å². The van der Waals surface area contributed by atoms with E-state index in [2.05, 4.69) is 18.2 Å². The van der Waals surface area contributed by atoms with Crippen molar-refractivity contribution < 1.29 is 23.1 Å². The van der Waals surface area contributed by atoms with Gasteiger partial charge in [-0.2, -0.15) is 5.26 Å². The Morgan fingerprint density at radius 2 is 1.97 bits per heavy atom. The number of anilines is 1. The second-order valence-corrected chi connectivity index (χ2v) is 8.78. The maximum atomic E-state index is 14.9. The van der Waals surface area contributed by atoms with Crippen molar-refractivity contribution in [2.75, 3.05) is 18.5 Å². The monoisotopic (exact) mass is 504 g/mol. The predicted molar refractivity (Wildman–Crippen MR) is 134 cm³/mol. The normalized spacial score (nSPS) is 14.5.